The summed E-state index contributed by atoms with van der Waals surface area (Å²) in [6.45, 7) is 1.13. The standard InChI is InChI=1S/C26H23ClN4O5S2/c1-19-24(27)10-5-11-25(19)31(38(35,36)23-8-3-2-4-9-23)18-26(32)29-20-12-14-22(15-13-20)37(33,34)30-21-7-6-16-28-17-21/h2-17,30H,18H2,1H3,(H,29,32). The zero-order valence-corrected chi connectivity index (χ0v) is 22.5. The molecule has 1 aromatic heterocycles. The Morgan fingerprint density at radius 2 is 1.55 bits per heavy atom. The zero-order valence-electron chi connectivity index (χ0n) is 20.1. The first-order valence-corrected chi connectivity index (χ1v) is 14.5. The summed E-state index contributed by atoms with van der Waals surface area (Å²) in [6.07, 6.45) is 2.90. The lowest BCUT2D eigenvalue weighted by molar-refractivity contribution is -0.114. The van der Waals surface area contributed by atoms with Crippen molar-refractivity contribution in [2.75, 3.05) is 20.9 Å². The Morgan fingerprint density at radius 3 is 2.21 bits per heavy atom. The summed E-state index contributed by atoms with van der Waals surface area (Å²) in [5.74, 6) is -0.632. The van der Waals surface area contributed by atoms with Gasteiger partial charge in [0.2, 0.25) is 5.91 Å². The summed E-state index contributed by atoms with van der Waals surface area (Å²) in [4.78, 5) is 16.9. The predicted octanol–water partition coefficient (Wildman–Crippen LogP) is 4.68. The van der Waals surface area contributed by atoms with Crippen molar-refractivity contribution in [3.8, 4) is 0 Å². The van der Waals surface area contributed by atoms with Crippen LogP contribution in [0.3, 0.4) is 0 Å². The molecule has 0 bridgehead atoms. The zero-order chi connectivity index (χ0) is 27.3. The van der Waals surface area contributed by atoms with Crippen LogP contribution in [0.5, 0.6) is 0 Å². The molecule has 9 nitrogen and oxygen atoms in total. The molecule has 4 rings (SSSR count). The second kappa shape index (κ2) is 11.2. The molecule has 3 aromatic carbocycles. The first kappa shape index (κ1) is 27.1. The number of halogens is 1. The van der Waals surface area contributed by atoms with Crippen LogP contribution in [0, 0.1) is 6.92 Å². The van der Waals surface area contributed by atoms with Gasteiger partial charge >= 0.3 is 0 Å². The van der Waals surface area contributed by atoms with Crippen LogP contribution in [0.2, 0.25) is 5.02 Å². The number of amides is 1. The third-order valence-electron chi connectivity index (χ3n) is 5.49. The Balaban J connectivity index is 1.56. The summed E-state index contributed by atoms with van der Waals surface area (Å²) in [6, 6.07) is 21.2. The summed E-state index contributed by atoms with van der Waals surface area (Å²) < 4.78 is 55.7. The van der Waals surface area contributed by atoms with E-state index in [2.05, 4.69) is 15.0 Å². The minimum atomic E-state index is -4.12. The van der Waals surface area contributed by atoms with E-state index < -0.39 is 32.5 Å². The number of nitrogens with one attached hydrogen (secondary N) is 2. The topological polar surface area (TPSA) is 126 Å². The van der Waals surface area contributed by atoms with Crippen molar-refractivity contribution in [1.82, 2.24) is 4.98 Å². The Kier molecular flexibility index (Phi) is 8.00. The van der Waals surface area contributed by atoms with E-state index >= 15 is 0 Å². The van der Waals surface area contributed by atoms with Gasteiger partial charge in [0.25, 0.3) is 20.0 Å². The van der Waals surface area contributed by atoms with E-state index in [9.17, 15) is 21.6 Å². The molecule has 0 radical (unpaired) electrons. The number of anilines is 3. The number of hydrogen-bond acceptors (Lipinski definition) is 6. The molecule has 4 aromatic rings. The van der Waals surface area contributed by atoms with E-state index in [1.54, 1.807) is 55.5 Å². The highest BCUT2D eigenvalue weighted by Gasteiger charge is 2.28. The fourth-order valence-electron chi connectivity index (χ4n) is 3.57. The lowest BCUT2D eigenvalue weighted by Gasteiger charge is -2.26. The van der Waals surface area contributed by atoms with Crippen LogP contribution in [-0.4, -0.2) is 34.3 Å². The van der Waals surface area contributed by atoms with Crippen molar-refractivity contribution >= 4 is 54.6 Å². The minimum absolute atomic E-state index is 0.0165. The van der Waals surface area contributed by atoms with Crippen molar-refractivity contribution in [3.63, 3.8) is 0 Å². The lowest BCUT2D eigenvalue weighted by Crippen LogP contribution is -2.38. The number of pyridine rings is 1. The number of aromatic nitrogens is 1. The molecule has 0 aliphatic heterocycles. The fourth-order valence-corrected chi connectivity index (χ4v) is 6.28. The number of rotatable bonds is 9. The van der Waals surface area contributed by atoms with Crippen molar-refractivity contribution in [2.24, 2.45) is 0 Å². The third kappa shape index (κ3) is 6.13. The van der Waals surface area contributed by atoms with E-state index in [0.717, 1.165) is 4.31 Å². The molecule has 196 valence electrons. The summed E-state index contributed by atoms with van der Waals surface area (Å²) >= 11 is 6.24. The summed E-state index contributed by atoms with van der Waals surface area (Å²) in [7, 11) is -7.99. The van der Waals surface area contributed by atoms with Crippen molar-refractivity contribution in [2.45, 2.75) is 16.7 Å². The van der Waals surface area contributed by atoms with Crippen LogP contribution in [0.15, 0.2) is 107 Å². The molecule has 0 saturated heterocycles. The van der Waals surface area contributed by atoms with Gasteiger partial charge in [-0.3, -0.25) is 18.8 Å². The minimum Gasteiger partial charge on any atom is -0.325 e. The molecule has 1 amide bonds. The second-order valence-corrected chi connectivity index (χ2v) is 12.1. The lowest BCUT2D eigenvalue weighted by atomic mass is 10.2. The Labute approximate surface area is 226 Å². The normalized spacial score (nSPS) is 11.5. The van der Waals surface area contributed by atoms with Gasteiger partial charge < -0.3 is 5.32 Å². The fraction of sp³-hybridized carbons (Fsp3) is 0.0769. The van der Waals surface area contributed by atoms with Crippen LogP contribution in [0.25, 0.3) is 0 Å². The molecule has 0 fully saturated rings. The van der Waals surface area contributed by atoms with Crippen molar-refractivity contribution < 1.29 is 21.6 Å². The van der Waals surface area contributed by atoms with Gasteiger partial charge in [-0.15, -0.1) is 0 Å². The maximum absolute atomic E-state index is 13.5. The maximum Gasteiger partial charge on any atom is 0.264 e. The van der Waals surface area contributed by atoms with Crippen molar-refractivity contribution in [1.29, 1.82) is 0 Å². The van der Waals surface area contributed by atoms with E-state index in [4.69, 9.17) is 11.6 Å². The Morgan fingerprint density at radius 1 is 0.842 bits per heavy atom. The second-order valence-electron chi connectivity index (χ2n) is 8.13. The molecule has 2 N–H and O–H groups in total. The first-order chi connectivity index (χ1) is 18.1. The maximum atomic E-state index is 13.5. The highest BCUT2D eigenvalue weighted by molar-refractivity contribution is 7.93. The predicted molar refractivity (Wildman–Crippen MR) is 147 cm³/mol. The van der Waals surface area contributed by atoms with Gasteiger partial charge in [0.15, 0.2) is 0 Å². The number of sulfonamides is 2. The number of nitrogens with zero attached hydrogens (tertiary/aromatic N) is 2. The molecule has 38 heavy (non-hydrogen) atoms. The number of carbonyl (C=O) groups excluding carboxylic acids is 1. The molecule has 0 saturated carbocycles. The van der Waals surface area contributed by atoms with Gasteiger partial charge in [0.1, 0.15) is 6.54 Å². The molecule has 0 aliphatic rings. The van der Waals surface area contributed by atoms with E-state index in [-0.39, 0.29) is 21.2 Å². The quantitative estimate of drug-likeness (QED) is 0.301. The highest BCUT2D eigenvalue weighted by Crippen LogP contribution is 2.31. The van der Waals surface area contributed by atoms with E-state index in [0.29, 0.717) is 16.3 Å². The summed E-state index contributed by atoms with van der Waals surface area (Å²) in [5, 5.41) is 2.98. The monoisotopic (exact) mass is 570 g/mol. The van der Waals surface area contributed by atoms with Gasteiger partial charge in [0.05, 0.1) is 27.4 Å². The van der Waals surface area contributed by atoms with Crippen LogP contribution in [-0.2, 0) is 24.8 Å². The van der Waals surface area contributed by atoms with Gasteiger partial charge in [-0.1, -0.05) is 35.9 Å². The largest absolute Gasteiger partial charge is 0.325 e. The average molecular weight is 571 g/mol. The molecule has 1 heterocycles. The van der Waals surface area contributed by atoms with Crippen LogP contribution in [0.1, 0.15) is 5.56 Å². The van der Waals surface area contributed by atoms with Gasteiger partial charge in [-0.25, -0.2) is 16.8 Å². The number of benzene rings is 3. The van der Waals surface area contributed by atoms with Gasteiger partial charge in [-0.05, 0) is 73.2 Å². The Hall–Kier alpha value is -3.93. The molecular weight excluding hydrogens is 548 g/mol. The highest BCUT2D eigenvalue weighted by atomic mass is 35.5. The molecular formula is C26H23ClN4O5S2. The molecule has 12 heteroatoms. The smallest absolute Gasteiger partial charge is 0.264 e. The number of carbonyl (C=O) groups is 1. The molecule has 0 spiro atoms. The number of hydrogen-bond donors (Lipinski definition) is 2. The molecule has 0 unspecified atom stereocenters. The van der Waals surface area contributed by atoms with Crippen LogP contribution >= 0.6 is 11.6 Å². The molecule has 0 aliphatic carbocycles. The third-order valence-corrected chi connectivity index (χ3v) is 9.07. The van der Waals surface area contributed by atoms with E-state index in [1.165, 1.54) is 48.8 Å². The van der Waals surface area contributed by atoms with E-state index in [1.807, 2.05) is 0 Å². The SMILES string of the molecule is Cc1c(Cl)cccc1N(CC(=O)Nc1ccc(S(=O)(=O)Nc2cccnc2)cc1)S(=O)(=O)c1ccccc1. The first-order valence-electron chi connectivity index (χ1n) is 11.2. The van der Waals surface area contributed by atoms with Crippen LogP contribution in [0.4, 0.5) is 17.1 Å². The molecule has 0 atom stereocenters. The van der Waals surface area contributed by atoms with Crippen LogP contribution < -0.4 is 14.3 Å². The van der Waals surface area contributed by atoms with Gasteiger partial charge in [-0.2, -0.15) is 0 Å². The Bertz CT molecular complexity index is 1650. The van der Waals surface area contributed by atoms with Gasteiger partial charge in [0, 0.05) is 16.9 Å². The summed E-state index contributed by atoms with van der Waals surface area (Å²) in [5.41, 5.74) is 1.35. The van der Waals surface area contributed by atoms with Crippen molar-refractivity contribution in [3.05, 3.63) is 108 Å². The average Bonchev–Trinajstić information content (AvgIpc) is 2.90.